The zero-order chi connectivity index (χ0) is 11.5. The maximum absolute atomic E-state index is 8.97. The molecule has 0 amide bonds. The maximum Gasteiger partial charge on any atom is 0.101 e. The Labute approximate surface area is 101 Å². The third kappa shape index (κ3) is 2.16. The summed E-state index contributed by atoms with van der Waals surface area (Å²) in [6, 6.07) is 2.18. The van der Waals surface area contributed by atoms with Gasteiger partial charge < -0.3 is 9.64 Å². The summed E-state index contributed by atoms with van der Waals surface area (Å²) in [5.74, 6) is 0. The summed E-state index contributed by atoms with van der Waals surface area (Å²) in [7, 11) is 0. The molecule has 0 bridgehead atoms. The highest BCUT2D eigenvalue weighted by Crippen LogP contribution is 2.24. The molecular formula is C12H14N2OS. The lowest BCUT2D eigenvalue weighted by Gasteiger charge is -2.32. The number of thiocarbonyl (C=S) groups is 1. The second kappa shape index (κ2) is 4.77. The van der Waals surface area contributed by atoms with Crippen molar-refractivity contribution >= 4 is 17.1 Å². The second-order valence-corrected chi connectivity index (χ2v) is 4.50. The molecule has 0 aromatic carbocycles. The number of allylic oxidation sites excluding steroid dienone is 4. The van der Waals surface area contributed by atoms with Gasteiger partial charge in [0.05, 0.1) is 18.8 Å². The predicted octanol–water partition coefficient (Wildman–Crippen LogP) is 1.82. The van der Waals surface area contributed by atoms with E-state index in [2.05, 4.69) is 17.0 Å². The summed E-state index contributed by atoms with van der Waals surface area (Å²) in [4.78, 5) is 3.07. The molecule has 0 radical (unpaired) electrons. The fourth-order valence-electron chi connectivity index (χ4n) is 2.05. The highest BCUT2D eigenvalue weighted by atomic mass is 32.1. The standard InChI is InChI=1S/C12H14N2OS/c1-9-6-10(7-12(16)11(9)8-13)14-2-4-15-5-3-14/h6H,2-5,7H2,1H3. The van der Waals surface area contributed by atoms with Crippen LogP contribution < -0.4 is 0 Å². The van der Waals surface area contributed by atoms with Gasteiger partial charge in [-0.1, -0.05) is 12.2 Å². The Morgan fingerprint density at radius 1 is 1.44 bits per heavy atom. The first-order valence-corrected chi connectivity index (χ1v) is 5.80. The van der Waals surface area contributed by atoms with Crippen LogP contribution in [0.25, 0.3) is 0 Å². The number of hydrogen-bond donors (Lipinski definition) is 0. The lowest BCUT2D eigenvalue weighted by molar-refractivity contribution is 0.0530. The van der Waals surface area contributed by atoms with Crippen LogP contribution in [-0.2, 0) is 4.74 Å². The van der Waals surface area contributed by atoms with Crippen LogP contribution in [0.15, 0.2) is 22.9 Å². The van der Waals surface area contributed by atoms with Gasteiger partial charge in [0.15, 0.2) is 0 Å². The van der Waals surface area contributed by atoms with Crippen LogP contribution in [0.2, 0.25) is 0 Å². The summed E-state index contributed by atoms with van der Waals surface area (Å²) in [6.07, 6.45) is 2.80. The number of nitrogens with zero attached hydrogens (tertiary/aromatic N) is 2. The lowest BCUT2D eigenvalue weighted by atomic mass is 9.96. The molecule has 1 aliphatic carbocycles. The smallest absolute Gasteiger partial charge is 0.101 e. The molecule has 4 heteroatoms. The van der Waals surface area contributed by atoms with Crippen molar-refractivity contribution in [2.24, 2.45) is 0 Å². The molecule has 0 aromatic rings. The molecule has 2 aliphatic rings. The Balaban J connectivity index is 2.22. The van der Waals surface area contributed by atoms with Gasteiger partial charge in [0.2, 0.25) is 0 Å². The molecule has 0 atom stereocenters. The Kier molecular flexibility index (Phi) is 3.37. The Hall–Kier alpha value is -1.18. The van der Waals surface area contributed by atoms with Crippen LogP contribution in [0.5, 0.6) is 0 Å². The van der Waals surface area contributed by atoms with Crippen molar-refractivity contribution < 1.29 is 4.74 Å². The number of hydrogen-bond acceptors (Lipinski definition) is 4. The number of ether oxygens (including phenoxy) is 1. The molecule has 0 N–H and O–H groups in total. The van der Waals surface area contributed by atoms with E-state index in [0.717, 1.165) is 43.2 Å². The lowest BCUT2D eigenvalue weighted by Crippen LogP contribution is -2.36. The van der Waals surface area contributed by atoms with Crippen molar-refractivity contribution in [2.75, 3.05) is 26.3 Å². The van der Waals surface area contributed by atoms with Crippen molar-refractivity contribution in [3.8, 4) is 6.07 Å². The van der Waals surface area contributed by atoms with Crippen LogP contribution >= 0.6 is 12.2 Å². The first-order chi connectivity index (χ1) is 7.72. The van der Waals surface area contributed by atoms with Crippen LogP contribution in [0, 0.1) is 11.3 Å². The Morgan fingerprint density at radius 3 is 2.69 bits per heavy atom. The van der Waals surface area contributed by atoms with Crippen LogP contribution in [0.4, 0.5) is 0 Å². The molecular weight excluding hydrogens is 220 g/mol. The van der Waals surface area contributed by atoms with E-state index in [9.17, 15) is 0 Å². The quantitative estimate of drug-likeness (QED) is 0.648. The van der Waals surface area contributed by atoms with E-state index in [-0.39, 0.29) is 0 Å². The third-order valence-electron chi connectivity index (χ3n) is 2.93. The molecule has 1 saturated heterocycles. The summed E-state index contributed by atoms with van der Waals surface area (Å²) in [6.45, 7) is 5.34. The van der Waals surface area contributed by atoms with E-state index in [4.69, 9.17) is 22.2 Å². The molecule has 1 fully saturated rings. The van der Waals surface area contributed by atoms with Crippen molar-refractivity contribution in [3.05, 3.63) is 22.9 Å². The molecule has 1 aliphatic heterocycles. The van der Waals surface area contributed by atoms with Crippen molar-refractivity contribution in [2.45, 2.75) is 13.3 Å². The molecule has 0 aromatic heterocycles. The van der Waals surface area contributed by atoms with E-state index >= 15 is 0 Å². The first-order valence-electron chi connectivity index (χ1n) is 5.40. The molecule has 0 unspecified atom stereocenters. The minimum atomic E-state index is 0.673. The fraction of sp³-hybridized carbons (Fsp3) is 0.500. The van der Waals surface area contributed by atoms with Gasteiger partial charge in [0.25, 0.3) is 0 Å². The second-order valence-electron chi connectivity index (χ2n) is 4.00. The van der Waals surface area contributed by atoms with Gasteiger partial charge in [-0.3, -0.25) is 0 Å². The van der Waals surface area contributed by atoms with Crippen LogP contribution in [0.3, 0.4) is 0 Å². The first kappa shape index (κ1) is 11.3. The van der Waals surface area contributed by atoms with Gasteiger partial charge in [-0.2, -0.15) is 5.26 Å². The zero-order valence-corrected chi connectivity index (χ0v) is 10.1. The molecule has 0 spiro atoms. The molecule has 0 saturated carbocycles. The topological polar surface area (TPSA) is 36.3 Å². The van der Waals surface area contributed by atoms with Gasteiger partial charge in [0, 0.05) is 30.1 Å². The average Bonchev–Trinajstić information content (AvgIpc) is 2.30. The van der Waals surface area contributed by atoms with Crippen molar-refractivity contribution in [1.82, 2.24) is 4.90 Å². The van der Waals surface area contributed by atoms with Gasteiger partial charge in [-0.25, -0.2) is 0 Å². The van der Waals surface area contributed by atoms with Gasteiger partial charge >= 0.3 is 0 Å². The number of morpholine rings is 1. The van der Waals surface area contributed by atoms with Gasteiger partial charge in [-0.05, 0) is 18.6 Å². The Morgan fingerprint density at radius 2 is 2.12 bits per heavy atom. The van der Waals surface area contributed by atoms with E-state index in [1.807, 2.05) is 6.92 Å². The highest BCUT2D eigenvalue weighted by Gasteiger charge is 2.21. The summed E-state index contributed by atoms with van der Waals surface area (Å²) in [5, 5.41) is 8.97. The largest absolute Gasteiger partial charge is 0.378 e. The van der Waals surface area contributed by atoms with Gasteiger partial charge in [-0.15, -0.1) is 0 Å². The summed E-state index contributed by atoms with van der Waals surface area (Å²) >= 11 is 5.27. The van der Waals surface area contributed by atoms with Crippen molar-refractivity contribution in [3.63, 3.8) is 0 Å². The Bertz CT molecular complexity index is 411. The van der Waals surface area contributed by atoms with E-state index < -0.39 is 0 Å². The number of rotatable bonds is 1. The maximum atomic E-state index is 8.97. The monoisotopic (exact) mass is 234 g/mol. The van der Waals surface area contributed by atoms with E-state index in [1.54, 1.807) is 0 Å². The molecule has 1 heterocycles. The summed E-state index contributed by atoms with van der Waals surface area (Å²) in [5.41, 5.74) is 2.89. The minimum Gasteiger partial charge on any atom is -0.378 e. The number of nitriles is 1. The average molecular weight is 234 g/mol. The SMILES string of the molecule is CC1=C(C#N)C(=S)CC(N2CCOCC2)=C1. The van der Waals surface area contributed by atoms with Crippen LogP contribution in [-0.4, -0.2) is 36.1 Å². The molecule has 2 rings (SSSR count). The third-order valence-corrected chi connectivity index (χ3v) is 3.28. The van der Waals surface area contributed by atoms with Gasteiger partial charge in [0.1, 0.15) is 6.07 Å². The molecule has 84 valence electrons. The zero-order valence-electron chi connectivity index (χ0n) is 9.32. The van der Waals surface area contributed by atoms with Crippen LogP contribution in [0.1, 0.15) is 13.3 Å². The molecule has 3 nitrogen and oxygen atoms in total. The van der Waals surface area contributed by atoms with E-state index in [0.29, 0.717) is 5.57 Å². The normalized spacial score (nSPS) is 21.9. The summed E-state index contributed by atoms with van der Waals surface area (Å²) < 4.78 is 5.32. The van der Waals surface area contributed by atoms with E-state index in [1.165, 1.54) is 5.70 Å². The fourth-order valence-corrected chi connectivity index (χ4v) is 2.40. The minimum absolute atomic E-state index is 0.673. The predicted molar refractivity (Wildman–Crippen MR) is 66.0 cm³/mol. The van der Waals surface area contributed by atoms with Crippen molar-refractivity contribution in [1.29, 1.82) is 5.26 Å². The highest BCUT2D eigenvalue weighted by molar-refractivity contribution is 7.80. The molecule has 16 heavy (non-hydrogen) atoms.